The maximum absolute atomic E-state index is 11.9. The number of thioether (sulfide) groups is 1. The molecular formula is C11H17F3N4O2S2. The average molecular weight is 358 g/mol. The molecule has 0 fully saturated rings. The van der Waals surface area contributed by atoms with Crippen molar-refractivity contribution in [3.63, 3.8) is 0 Å². The second-order valence-corrected chi connectivity index (χ2v) is 6.23. The fraction of sp³-hybridized carbons (Fsp3) is 0.727. The van der Waals surface area contributed by atoms with Crippen molar-refractivity contribution in [3.05, 3.63) is 0 Å². The average Bonchev–Trinajstić information content (AvgIpc) is 2.90. The molecule has 1 rings (SSSR count). The zero-order valence-electron chi connectivity index (χ0n) is 11.9. The van der Waals surface area contributed by atoms with Crippen molar-refractivity contribution in [2.75, 3.05) is 37.4 Å². The number of anilines is 1. The van der Waals surface area contributed by atoms with Crippen LogP contribution in [0.5, 0.6) is 0 Å². The van der Waals surface area contributed by atoms with Gasteiger partial charge in [-0.25, -0.2) is 0 Å². The lowest BCUT2D eigenvalue weighted by Gasteiger charge is -2.07. The predicted octanol–water partition coefficient (Wildman–Crippen LogP) is 2.15. The number of carbonyl (C=O) groups is 1. The molecule has 126 valence electrons. The first-order chi connectivity index (χ1) is 10.4. The molecule has 1 aromatic heterocycles. The van der Waals surface area contributed by atoms with Crippen LogP contribution >= 0.6 is 23.1 Å². The molecule has 1 amide bonds. The Labute approximate surface area is 134 Å². The largest absolute Gasteiger partial charge is 0.405 e. The quantitative estimate of drug-likeness (QED) is 0.493. The van der Waals surface area contributed by atoms with E-state index in [-0.39, 0.29) is 5.75 Å². The molecule has 0 saturated heterocycles. The minimum Gasteiger partial charge on any atom is -0.382 e. The Kier molecular flexibility index (Phi) is 8.49. The van der Waals surface area contributed by atoms with E-state index >= 15 is 0 Å². The van der Waals surface area contributed by atoms with Crippen LogP contribution in [-0.4, -0.2) is 54.3 Å². The van der Waals surface area contributed by atoms with E-state index in [1.165, 1.54) is 11.3 Å². The SMILES string of the molecule is CCOCCCNc1nnc(SCC(=O)NCC(F)(F)F)s1. The van der Waals surface area contributed by atoms with Gasteiger partial charge in [0, 0.05) is 19.8 Å². The van der Waals surface area contributed by atoms with Crippen molar-refractivity contribution < 1.29 is 22.7 Å². The van der Waals surface area contributed by atoms with Crippen molar-refractivity contribution in [2.24, 2.45) is 0 Å². The van der Waals surface area contributed by atoms with Crippen LogP contribution in [0.1, 0.15) is 13.3 Å². The summed E-state index contributed by atoms with van der Waals surface area (Å²) in [6, 6.07) is 0. The lowest BCUT2D eigenvalue weighted by molar-refractivity contribution is -0.136. The van der Waals surface area contributed by atoms with Crippen molar-refractivity contribution >= 4 is 34.1 Å². The molecule has 0 saturated carbocycles. The van der Waals surface area contributed by atoms with E-state index in [0.717, 1.165) is 18.2 Å². The highest BCUT2D eigenvalue weighted by Gasteiger charge is 2.27. The summed E-state index contributed by atoms with van der Waals surface area (Å²) in [6.45, 7) is 2.62. The Morgan fingerprint density at radius 2 is 2.18 bits per heavy atom. The highest BCUT2D eigenvalue weighted by molar-refractivity contribution is 8.01. The Bertz CT molecular complexity index is 457. The topological polar surface area (TPSA) is 76.1 Å². The van der Waals surface area contributed by atoms with Gasteiger partial charge >= 0.3 is 6.18 Å². The highest BCUT2D eigenvalue weighted by atomic mass is 32.2. The maximum Gasteiger partial charge on any atom is 0.405 e. The Morgan fingerprint density at radius 1 is 1.41 bits per heavy atom. The number of hydrogen-bond donors (Lipinski definition) is 2. The lowest BCUT2D eigenvalue weighted by atomic mass is 10.4. The molecule has 0 aliphatic carbocycles. The zero-order chi connectivity index (χ0) is 16.4. The molecule has 22 heavy (non-hydrogen) atoms. The predicted molar refractivity (Wildman–Crippen MR) is 79.3 cm³/mol. The molecule has 0 unspecified atom stereocenters. The molecular weight excluding hydrogens is 341 g/mol. The standard InChI is InChI=1S/C11H17F3N4O2S2/c1-2-20-5-3-4-15-9-17-18-10(22-9)21-6-8(19)16-7-11(12,13)14/h2-7H2,1H3,(H,15,17)(H,16,19). The zero-order valence-corrected chi connectivity index (χ0v) is 13.5. The fourth-order valence-electron chi connectivity index (χ4n) is 1.23. The summed E-state index contributed by atoms with van der Waals surface area (Å²) in [6.07, 6.45) is -3.57. The Balaban J connectivity index is 2.20. The van der Waals surface area contributed by atoms with E-state index in [2.05, 4.69) is 15.5 Å². The van der Waals surface area contributed by atoms with E-state index in [0.29, 0.717) is 29.2 Å². The summed E-state index contributed by atoms with van der Waals surface area (Å²) in [4.78, 5) is 11.2. The smallest absolute Gasteiger partial charge is 0.382 e. The molecule has 0 aromatic carbocycles. The summed E-state index contributed by atoms with van der Waals surface area (Å²) in [7, 11) is 0. The van der Waals surface area contributed by atoms with Gasteiger partial charge in [0.05, 0.1) is 5.75 Å². The number of hydrogen-bond acceptors (Lipinski definition) is 7. The second-order valence-electron chi connectivity index (χ2n) is 4.03. The van der Waals surface area contributed by atoms with E-state index in [1.54, 1.807) is 5.32 Å². The highest BCUT2D eigenvalue weighted by Crippen LogP contribution is 2.25. The number of rotatable bonds is 10. The molecule has 6 nitrogen and oxygen atoms in total. The van der Waals surface area contributed by atoms with Gasteiger partial charge in [-0.3, -0.25) is 4.79 Å². The van der Waals surface area contributed by atoms with Crippen LogP contribution in [0.3, 0.4) is 0 Å². The first kappa shape index (κ1) is 19.0. The summed E-state index contributed by atoms with van der Waals surface area (Å²) in [5.41, 5.74) is 0. The molecule has 0 radical (unpaired) electrons. The first-order valence-electron chi connectivity index (χ1n) is 6.52. The minimum atomic E-state index is -4.40. The third-order valence-corrected chi connectivity index (χ3v) is 4.18. The molecule has 0 bridgehead atoms. The van der Waals surface area contributed by atoms with E-state index < -0.39 is 18.6 Å². The molecule has 0 aliphatic rings. The lowest BCUT2D eigenvalue weighted by Crippen LogP contribution is -2.34. The van der Waals surface area contributed by atoms with Crippen molar-refractivity contribution in [2.45, 2.75) is 23.9 Å². The number of ether oxygens (including phenoxy) is 1. The van der Waals surface area contributed by atoms with E-state index in [1.807, 2.05) is 6.92 Å². The van der Waals surface area contributed by atoms with Gasteiger partial charge in [-0.2, -0.15) is 13.2 Å². The number of alkyl halides is 3. The summed E-state index contributed by atoms with van der Waals surface area (Å²) in [5.74, 6) is -0.821. The monoisotopic (exact) mass is 358 g/mol. The Morgan fingerprint density at radius 3 is 2.86 bits per heavy atom. The van der Waals surface area contributed by atoms with Gasteiger partial charge in [0.15, 0.2) is 4.34 Å². The second kappa shape index (κ2) is 9.85. The Hall–Kier alpha value is -1.07. The van der Waals surface area contributed by atoms with Gasteiger partial charge in [-0.15, -0.1) is 10.2 Å². The number of nitrogens with one attached hydrogen (secondary N) is 2. The van der Waals surface area contributed by atoms with Crippen LogP contribution < -0.4 is 10.6 Å². The van der Waals surface area contributed by atoms with Gasteiger partial charge in [0.1, 0.15) is 6.54 Å². The van der Waals surface area contributed by atoms with E-state index in [4.69, 9.17) is 4.74 Å². The van der Waals surface area contributed by atoms with Gasteiger partial charge in [0.2, 0.25) is 11.0 Å². The van der Waals surface area contributed by atoms with Crippen molar-refractivity contribution in [3.8, 4) is 0 Å². The number of halogens is 3. The summed E-state index contributed by atoms with van der Waals surface area (Å²) < 4.78 is 41.5. The summed E-state index contributed by atoms with van der Waals surface area (Å²) in [5, 5.41) is 13.2. The minimum absolute atomic E-state index is 0.130. The molecule has 1 heterocycles. The van der Waals surface area contributed by atoms with Gasteiger partial charge < -0.3 is 15.4 Å². The van der Waals surface area contributed by atoms with Crippen LogP contribution in [0, 0.1) is 0 Å². The van der Waals surface area contributed by atoms with Crippen LogP contribution in [0.15, 0.2) is 4.34 Å². The third-order valence-electron chi connectivity index (χ3n) is 2.17. The molecule has 0 atom stereocenters. The molecule has 11 heteroatoms. The molecule has 0 aliphatic heterocycles. The van der Waals surface area contributed by atoms with Gasteiger partial charge in [-0.05, 0) is 13.3 Å². The normalized spacial score (nSPS) is 11.5. The number of carbonyl (C=O) groups excluding carboxylic acids is 1. The fourth-order valence-corrected chi connectivity index (χ4v) is 2.84. The number of aromatic nitrogens is 2. The molecule has 2 N–H and O–H groups in total. The number of amides is 1. The molecule has 1 aromatic rings. The maximum atomic E-state index is 11.9. The van der Waals surface area contributed by atoms with Gasteiger partial charge in [-0.1, -0.05) is 23.1 Å². The van der Waals surface area contributed by atoms with Crippen molar-refractivity contribution in [1.82, 2.24) is 15.5 Å². The molecule has 0 spiro atoms. The van der Waals surface area contributed by atoms with Crippen molar-refractivity contribution in [1.29, 1.82) is 0 Å². The summed E-state index contributed by atoms with van der Waals surface area (Å²) >= 11 is 2.30. The van der Waals surface area contributed by atoms with Crippen LogP contribution in [0.2, 0.25) is 0 Å². The van der Waals surface area contributed by atoms with Crippen LogP contribution in [0.25, 0.3) is 0 Å². The third kappa shape index (κ3) is 9.05. The van der Waals surface area contributed by atoms with Crippen LogP contribution in [0.4, 0.5) is 18.3 Å². The number of nitrogens with zero attached hydrogens (tertiary/aromatic N) is 2. The van der Waals surface area contributed by atoms with Gasteiger partial charge in [0.25, 0.3) is 0 Å². The van der Waals surface area contributed by atoms with E-state index in [9.17, 15) is 18.0 Å². The van der Waals surface area contributed by atoms with Crippen LogP contribution in [-0.2, 0) is 9.53 Å². The first-order valence-corrected chi connectivity index (χ1v) is 8.32.